The highest BCUT2D eigenvalue weighted by Crippen LogP contribution is 2.25. The van der Waals surface area contributed by atoms with Gasteiger partial charge in [0.05, 0.1) is 11.5 Å². The van der Waals surface area contributed by atoms with Crippen molar-refractivity contribution in [2.24, 2.45) is 0 Å². The Balaban J connectivity index is 2.62. The monoisotopic (exact) mass is 273 g/mol. The van der Waals surface area contributed by atoms with Gasteiger partial charge < -0.3 is 22.5 Å². The Labute approximate surface area is 118 Å². The van der Waals surface area contributed by atoms with Gasteiger partial charge in [-0.1, -0.05) is 19.4 Å². The number of unbranched alkanes of at least 4 members (excludes halogenated alkanes) is 1. The summed E-state index contributed by atoms with van der Waals surface area (Å²) in [5, 5.41) is 11.6. The van der Waals surface area contributed by atoms with E-state index in [1.165, 1.54) is 6.07 Å². The normalized spacial score (nSPS) is 10.8. The van der Waals surface area contributed by atoms with Gasteiger partial charge in [0.1, 0.15) is 0 Å². The molecule has 0 N–H and O–H groups in total. The molecule has 1 aromatic carbocycles. The molecule has 3 nitrogen and oxygen atoms in total. The molecule has 0 aliphatic heterocycles. The summed E-state index contributed by atoms with van der Waals surface area (Å²) < 4.78 is 0. The van der Waals surface area contributed by atoms with Crippen LogP contribution < -0.4 is 5.11 Å². The second-order valence-electron chi connectivity index (χ2n) is 4.63. The topological polar surface area (TPSA) is 53.0 Å². The van der Waals surface area contributed by atoms with E-state index in [1.807, 2.05) is 6.92 Å². The number of benzene rings is 1. The van der Waals surface area contributed by atoms with Crippen LogP contribution in [0.1, 0.15) is 41.4 Å². The second kappa shape index (κ2) is 5.53. The van der Waals surface area contributed by atoms with Gasteiger partial charge in [0.15, 0.2) is 0 Å². The average Bonchev–Trinajstić information content (AvgIpc) is 2.38. The van der Waals surface area contributed by atoms with E-state index in [4.69, 9.17) is 12.6 Å². The fourth-order valence-corrected chi connectivity index (χ4v) is 2.58. The number of aromatic carboxylic acids is 1. The third-order valence-electron chi connectivity index (χ3n) is 3.26. The molecule has 0 saturated heterocycles. The van der Waals surface area contributed by atoms with Crippen molar-refractivity contribution in [3.63, 3.8) is 0 Å². The molecule has 1 aromatic heterocycles. The van der Waals surface area contributed by atoms with Gasteiger partial charge in [0, 0.05) is 5.69 Å². The Morgan fingerprint density at radius 2 is 2.16 bits per heavy atom. The lowest BCUT2D eigenvalue weighted by molar-refractivity contribution is -0.255. The molecular formula is C15H15NO2S-2. The van der Waals surface area contributed by atoms with Crippen LogP contribution in [0.3, 0.4) is 0 Å². The summed E-state index contributed by atoms with van der Waals surface area (Å²) in [6.45, 7) is 4.08. The number of fused-ring (bicyclic) bond motifs is 1. The van der Waals surface area contributed by atoms with Gasteiger partial charge in [-0.25, -0.2) is 0 Å². The number of pyridine rings is 1. The number of carboxylic acids is 1. The quantitative estimate of drug-likeness (QED) is 0.801. The lowest BCUT2D eigenvalue weighted by atomic mass is 10.0. The SMILES string of the molecule is CCCCc1c(C)nc2ccc(C(=O)[O-])cc2c1[S-]. The molecule has 0 radical (unpaired) electrons. The Bertz CT molecular complexity index is 638. The number of nitrogens with zero attached hydrogens (tertiary/aromatic N) is 1. The maximum absolute atomic E-state index is 10.9. The summed E-state index contributed by atoms with van der Waals surface area (Å²) in [7, 11) is 0. The van der Waals surface area contributed by atoms with Crippen molar-refractivity contribution in [2.75, 3.05) is 0 Å². The molecule has 0 bridgehead atoms. The second-order valence-corrected chi connectivity index (χ2v) is 5.04. The number of carbonyl (C=O) groups excluding carboxylic acids is 1. The van der Waals surface area contributed by atoms with Crippen molar-refractivity contribution in [1.29, 1.82) is 0 Å². The van der Waals surface area contributed by atoms with Gasteiger partial charge in [-0.2, -0.15) is 4.90 Å². The minimum absolute atomic E-state index is 0.144. The van der Waals surface area contributed by atoms with Crippen LogP contribution in [0.25, 0.3) is 10.9 Å². The number of carbonyl (C=O) groups is 1. The average molecular weight is 273 g/mol. The molecule has 0 spiro atoms. The predicted molar refractivity (Wildman–Crippen MR) is 75.1 cm³/mol. The zero-order chi connectivity index (χ0) is 14.0. The van der Waals surface area contributed by atoms with Crippen LogP contribution >= 0.6 is 0 Å². The molecule has 19 heavy (non-hydrogen) atoms. The van der Waals surface area contributed by atoms with Gasteiger partial charge >= 0.3 is 0 Å². The van der Waals surface area contributed by atoms with Crippen LogP contribution in [-0.2, 0) is 19.0 Å². The molecule has 0 saturated carbocycles. The van der Waals surface area contributed by atoms with Crippen LogP contribution in [0, 0.1) is 6.92 Å². The highest BCUT2D eigenvalue weighted by atomic mass is 32.1. The first-order valence-corrected chi connectivity index (χ1v) is 6.77. The molecule has 0 aliphatic rings. The Morgan fingerprint density at radius 3 is 2.79 bits per heavy atom. The van der Waals surface area contributed by atoms with Gasteiger partial charge in [0.2, 0.25) is 0 Å². The molecule has 0 aliphatic carbocycles. The Morgan fingerprint density at radius 1 is 1.42 bits per heavy atom. The summed E-state index contributed by atoms with van der Waals surface area (Å²) >= 11 is 5.49. The summed E-state index contributed by atoms with van der Waals surface area (Å²) in [5.41, 5.74) is 2.88. The minimum Gasteiger partial charge on any atom is -0.779 e. The van der Waals surface area contributed by atoms with E-state index in [-0.39, 0.29) is 5.56 Å². The maximum Gasteiger partial charge on any atom is 0.0715 e. The van der Waals surface area contributed by atoms with Crippen molar-refractivity contribution >= 4 is 29.5 Å². The maximum atomic E-state index is 10.9. The van der Waals surface area contributed by atoms with Crippen molar-refractivity contribution in [1.82, 2.24) is 4.98 Å². The minimum atomic E-state index is -1.19. The largest absolute Gasteiger partial charge is 0.779 e. The highest BCUT2D eigenvalue weighted by molar-refractivity contribution is 7.59. The van der Waals surface area contributed by atoms with E-state index in [1.54, 1.807) is 12.1 Å². The summed E-state index contributed by atoms with van der Waals surface area (Å²) in [5.74, 6) is -1.19. The summed E-state index contributed by atoms with van der Waals surface area (Å²) in [6, 6.07) is 4.76. The van der Waals surface area contributed by atoms with Crippen LogP contribution in [-0.4, -0.2) is 11.0 Å². The fourth-order valence-electron chi connectivity index (χ4n) is 2.17. The summed E-state index contributed by atoms with van der Waals surface area (Å²) in [4.78, 5) is 16.1. The molecule has 0 unspecified atom stereocenters. The Hall–Kier alpha value is -1.68. The van der Waals surface area contributed by atoms with E-state index in [0.29, 0.717) is 0 Å². The fraction of sp³-hybridized carbons (Fsp3) is 0.333. The van der Waals surface area contributed by atoms with E-state index in [9.17, 15) is 9.90 Å². The summed E-state index contributed by atoms with van der Waals surface area (Å²) in [6.07, 6.45) is 3.03. The number of hydrogen-bond acceptors (Lipinski definition) is 4. The van der Waals surface area contributed by atoms with Crippen molar-refractivity contribution in [3.05, 3.63) is 35.0 Å². The van der Waals surface area contributed by atoms with E-state index in [2.05, 4.69) is 11.9 Å². The predicted octanol–water partition coefficient (Wildman–Crippen LogP) is 2.16. The number of aryl methyl sites for hydroxylation is 1. The molecule has 0 fully saturated rings. The van der Waals surface area contributed by atoms with Crippen molar-refractivity contribution in [3.8, 4) is 0 Å². The van der Waals surface area contributed by atoms with E-state index >= 15 is 0 Å². The smallest absolute Gasteiger partial charge is 0.0715 e. The van der Waals surface area contributed by atoms with Gasteiger partial charge in [-0.05, 0) is 48.4 Å². The van der Waals surface area contributed by atoms with Crippen molar-refractivity contribution in [2.45, 2.75) is 38.0 Å². The zero-order valence-electron chi connectivity index (χ0n) is 11.0. The molecule has 2 rings (SSSR count). The van der Waals surface area contributed by atoms with Crippen LogP contribution in [0.2, 0.25) is 0 Å². The number of rotatable bonds is 4. The first kappa shape index (κ1) is 13.7. The highest BCUT2D eigenvalue weighted by Gasteiger charge is 2.06. The number of hydrogen-bond donors (Lipinski definition) is 0. The molecule has 100 valence electrons. The third kappa shape index (κ3) is 2.68. The van der Waals surface area contributed by atoms with E-state index in [0.717, 1.165) is 46.3 Å². The van der Waals surface area contributed by atoms with E-state index < -0.39 is 5.97 Å². The molecule has 2 aromatic rings. The standard InChI is InChI=1S/C15H17NO2S/c1-3-4-5-11-9(2)16-13-7-6-10(15(17)18)8-12(13)14(11)19/h6-8H,3-5H2,1-2H3,(H,16,19)(H,17,18)/p-2. The van der Waals surface area contributed by atoms with Crippen LogP contribution in [0.4, 0.5) is 0 Å². The van der Waals surface area contributed by atoms with Gasteiger partial charge in [0.25, 0.3) is 0 Å². The lowest BCUT2D eigenvalue weighted by Gasteiger charge is -2.20. The van der Waals surface area contributed by atoms with Gasteiger partial charge in [-0.3, -0.25) is 4.98 Å². The third-order valence-corrected chi connectivity index (χ3v) is 3.72. The van der Waals surface area contributed by atoms with Crippen molar-refractivity contribution < 1.29 is 9.90 Å². The molecule has 0 amide bonds. The Kier molecular flexibility index (Phi) is 4.00. The first-order valence-electron chi connectivity index (χ1n) is 6.36. The first-order chi connectivity index (χ1) is 9.04. The lowest BCUT2D eigenvalue weighted by Crippen LogP contribution is -2.22. The number of carboxylic acid groups (broad SMARTS) is 1. The van der Waals surface area contributed by atoms with Crippen LogP contribution in [0.15, 0.2) is 23.1 Å². The van der Waals surface area contributed by atoms with Crippen LogP contribution in [0.5, 0.6) is 0 Å². The number of aromatic nitrogens is 1. The molecule has 4 heteroatoms. The van der Waals surface area contributed by atoms with Gasteiger partial charge in [-0.15, -0.1) is 0 Å². The zero-order valence-corrected chi connectivity index (χ0v) is 11.8. The molecule has 0 atom stereocenters. The molecular weight excluding hydrogens is 258 g/mol. The molecule has 1 heterocycles.